The molecule has 0 unspecified atom stereocenters. The van der Waals surface area contributed by atoms with Crippen LogP contribution in [0, 0.1) is 0 Å². The fourth-order valence-electron chi connectivity index (χ4n) is 1.91. The minimum Gasteiger partial charge on any atom is -0.494 e. The van der Waals surface area contributed by atoms with Gasteiger partial charge in [0.05, 0.1) is 31.2 Å². The topological polar surface area (TPSA) is 81.5 Å². The summed E-state index contributed by atoms with van der Waals surface area (Å²) in [5, 5.41) is 9.56. The summed E-state index contributed by atoms with van der Waals surface area (Å²) in [4.78, 5) is 19.4. The Bertz CT molecular complexity index is 676. The van der Waals surface area contributed by atoms with E-state index in [0.717, 1.165) is 0 Å². The minimum atomic E-state index is -1.09. The number of pyridine rings is 2. The highest BCUT2D eigenvalue weighted by molar-refractivity contribution is 6.29. The molecule has 0 aliphatic heterocycles. The number of methoxy groups -OCH3 is 2. The molecule has 0 aliphatic rings. The second kappa shape index (κ2) is 6.51. The third kappa shape index (κ3) is 3.29. The number of hydrogen-bond donors (Lipinski definition) is 1. The van der Waals surface area contributed by atoms with E-state index in [1.807, 2.05) is 0 Å². The number of carboxylic acids is 1. The molecule has 7 heteroatoms. The first kappa shape index (κ1) is 15.2. The highest BCUT2D eigenvalue weighted by atomic mass is 35.5. The van der Waals surface area contributed by atoms with Crippen LogP contribution in [-0.2, 0) is 11.3 Å². The van der Waals surface area contributed by atoms with Crippen molar-refractivity contribution in [2.24, 2.45) is 0 Å². The summed E-state index contributed by atoms with van der Waals surface area (Å²) in [5.74, 6) is -0.659. The van der Waals surface area contributed by atoms with Gasteiger partial charge in [-0.2, -0.15) is 0 Å². The molecular formula is C14H13ClN2O4. The van der Waals surface area contributed by atoms with Gasteiger partial charge in [0, 0.05) is 24.4 Å². The molecular weight excluding hydrogens is 296 g/mol. The van der Waals surface area contributed by atoms with E-state index in [1.165, 1.54) is 26.6 Å². The molecule has 21 heavy (non-hydrogen) atoms. The van der Waals surface area contributed by atoms with Crippen molar-refractivity contribution in [1.29, 1.82) is 0 Å². The third-order valence-electron chi connectivity index (χ3n) is 2.83. The molecule has 0 amide bonds. The molecule has 110 valence electrons. The van der Waals surface area contributed by atoms with Crippen molar-refractivity contribution in [2.75, 3.05) is 14.2 Å². The standard InChI is InChI=1S/C14H13ClN2O4/c1-20-7-8-3-9(11(5-16-8)14(18)19)10-4-13(15)17-6-12(10)21-2/h3-6H,7H2,1-2H3,(H,18,19). The Kier molecular flexibility index (Phi) is 4.72. The quantitative estimate of drug-likeness (QED) is 0.855. The van der Waals surface area contributed by atoms with Gasteiger partial charge in [-0.1, -0.05) is 11.6 Å². The molecule has 0 atom stereocenters. The van der Waals surface area contributed by atoms with Crippen LogP contribution in [0.4, 0.5) is 0 Å². The van der Waals surface area contributed by atoms with Crippen molar-refractivity contribution in [3.8, 4) is 16.9 Å². The van der Waals surface area contributed by atoms with Gasteiger partial charge in [0.25, 0.3) is 0 Å². The van der Waals surface area contributed by atoms with Crippen LogP contribution in [0.25, 0.3) is 11.1 Å². The Balaban J connectivity index is 2.67. The van der Waals surface area contributed by atoms with Gasteiger partial charge in [-0.25, -0.2) is 9.78 Å². The molecule has 0 aliphatic carbocycles. The Morgan fingerprint density at radius 2 is 2.00 bits per heavy atom. The normalized spacial score (nSPS) is 10.4. The molecule has 1 N–H and O–H groups in total. The number of carbonyl (C=O) groups is 1. The first-order valence-electron chi connectivity index (χ1n) is 5.98. The predicted molar refractivity (Wildman–Crippen MR) is 76.7 cm³/mol. The van der Waals surface area contributed by atoms with E-state index in [0.29, 0.717) is 22.6 Å². The number of nitrogens with zero attached hydrogens (tertiary/aromatic N) is 2. The van der Waals surface area contributed by atoms with E-state index in [-0.39, 0.29) is 17.3 Å². The van der Waals surface area contributed by atoms with Gasteiger partial charge in [-0.3, -0.25) is 4.98 Å². The zero-order chi connectivity index (χ0) is 15.4. The predicted octanol–water partition coefficient (Wildman–Crippen LogP) is 2.65. The molecule has 0 fully saturated rings. The Hall–Kier alpha value is -2.18. The lowest BCUT2D eigenvalue weighted by atomic mass is 10.0. The average molecular weight is 309 g/mol. The maximum absolute atomic E-state index is 11.4. The van der Waals surface area contributed by atoms with Gasteiger partial charge < -0.3 is 14.6 Å². The molecule has 0 saturated carbocycles. The number of ether oxygens (including phenoxy) is 2. The summed E-state index contributed by atoms with van der Waals surface area (Å²) >= 11 is 5.90. The number of carboxylic acid groups (broad SMARTS) is 1. The van der Waals surface area contributed by atoms with E-state index in [9.17, 15) is 9.90 Å². The SMILES string of the molecule is COCc1cc(-c2cc(Cl)ncc2OC)c(C(=O)O)cn1. The molecule has 2 heterocycles. The van der Waals surface area contributed by atoms with Gasteiger partial charge in [-0.05, 0) is 12.1 Å². The molecule has 0 spiro atoms. The number of hydrogen-bond acceptors (Lipinski definition) is 5. The van der Waals surface area contributed by atoms with E-state index in [4.69, 9.17) is 21.1 Å². The molecule has 0 aromatic carbocycles. The Morgan fingerprint density at radius 1 is 1.24 bits per heavy atom. The van der Waals surface area contributed by atoms with Crippen LogP contribution in [0.1, 0.15) is 16.1 Å². The minimum absolute atomic E-state index is 0.0513. The van der Waals surface area contributed by atoms with Gasteiger partial charge in [0.1, 0.15) is 10.9 Å². The third-order valence-corrected chi connectivity index (χ3v) is 3.03. The maximum atomic E-state index is 11.4. The molecule has 2 rings (SSSR count). The van der Waals surface area contributed by atoms with Crippen molar-refractivity contribution in [3.05, 3.63) is 40.9 Å². The highest BCUT2D eigenvalue weighted by Crippen LogP contribution is 2.33. The van der Waals surface area contributed by atoms with Crippen molar-refractivity contribution in [1.82, 2.24) is 9.97 Å². The second-order valence-electron chi connectivity index (χ2n) is 4.17. The van der Waals surface area contributed by atoms with Crippen molar-refractivity contribution >= 4 is 17.6 Å². The average Bonchev–Trinajstić information content (AvgIpc) is 2.47. The number of halogens is 1. The van der Waals surface area contributed by atoms with Crippen molar-refractivity contribution < 1.29 is 19.4 Å². The van der Waals surface area contributed by atoms with Crippen LogP contribution in [0.15, 0.2) is 24.5 Å². The van der Waals surface area contributed by atoms with Crippen LogP contribution in [0.3, 0.4) is 0 Å². The summed E-state index contributed by atoms with van der Waals surface area (Å²) in [6.45, 7) is 0.272. The number of rotatable bonds is 5. The lowest BCUT2D eigenvalue weighted by Crippen LogP contribution is -2.04. The summed E-state index contributed by atoms with van der Waals surface area (Å²) in [7, 11) is 3.02. The van der Waals surface area contributed by atoms with E-state index in [2.05, 4.69) is 9.97 Å². The van der Waals surface area contributed by atoms with Gasteiger partial charge in [-0.15, -0.1) is 0 Å². The summed E-state index contributed by atoms with van der Waals surface area (Å²) in [5.41, 5.74) is 1.64. The second-order valence-corrected chi connectivity index (χ2v) is 4.55. The van der Waals surface area contributed by atoms with Crippen molar-refractivity contribution in [3.63, 3.8) is 0 Å². The van der Waals surface area contributed by atoms with Crippen LogP contribution >= 0.6 is 11.6 Å². The summed E-state index contributed by atoms with van der Waals surface area (Å²) in [6, 6.07) is 3.19. The van der Waals surface area contributed by atoms with E-state index in [1.54, 1.807) is 12.1 Å². The smallest absolute Gasteiger partial charge is 0.337 e. The maximum Gasteiger partial charge on any atom is 0.337 e. The highest BCUT2D eigenvalue weighted by Gasteiger charge is 2.17. The number of aromatic nitrogens is 2. The van der Waals surface area contributed by atoms with Crippen LogP contribution < -0.4 is 4.74 Å². The monoisotopic (exact) mass is 308 g/mol. The summed E-state index contributed by atoms with van der Waals surface area (Å²) < 4.78 is 10.2. The first-order valence-corrected chi connectivity index (χ1v) is 6.35. The van der Waals surface area contributed by atoms with E-state index < -0.39 is 5.97 Å². The zero-order valence-corrected chi connectivity index (χ0v) is 12.2. The molecule has 0 radical (unpaired) electrons. The molecule has 0 bridgehead atoms. The van der Waals surface area contributed by atoms with Crippen LogP contribution in [0.5, 0.6) is 5.75 Å². The fraction of sp³-hybridized carbons (Fsp3) is 0.214. The number of aromatic carboxylic acids is 1. The fourth-order valence-corrected chi connectivity index (χ4v) is 2.07. The zero-order valence-electron chi connectivity index (χ0n) is 11.5. The van der Waals surface area contributed by atoms with Gasteiger partial charge >= 0.3 is 5.97 Å². The van der Waals surface area contributed by atoms with Crippen LogP contribution in [0.2, 0.25) is 5.15 Å². The van der Waals surface area contributed by atoms with Crippen LogP contribution in [-0.4, -0.2) is 35.3 Å². The molecule has 2 aromatic heterocycles. The molecule has 6 nitrogen and oxygen atoms in total. The molecule has 0 saturated heterocycles. The lowest BCUT2D eigenvalue weighted by molar-refractivity contribution is 0.0697. The first-order chi connectivity index (χ1) is 10.1. The van der Waals surface area contributed by atoms with E-state index >= 15 is 0 Å². The lowest BCUT2D eigenvalue weighted by Gasteiger charge is -2.12. The molecule has 2 aromatic rings. The van der Waals surface area contributed by atoms with Gasteiger partial charge in [0.15, 0.2) is 0 Å². The summed E-state index contributed by atoms with van der Waals surface area (Å²) in [6.07, 6.45) is 2.74. The van der Waals surface area contributed by atoms with Gasteiger partial charge in [0.2, 0.25) is 0 Å². The Morgan fingerprint density at radius 3 is 2.62 bits per heavy atom. The van der Waals surface area contributed by atoms with Crippen molar-refractivity contribution in [2.45, 2.75) is 6.61 Å². The Labute approximate surface area is 126 Å². The largest absolute Gasteiger partial charge is 0.494 e.